The summed E-state index contributed by atoms with van der Waals surface area (Å²) in [5.74, 6) is 0.0946. The van der Waals surface area contributed by atoms with Crippen LogP contribution in [0.4, 0.5) is 8.78 Å². The molecule has 4 rings (SSSR count). The summed E-state index contributed by atoms with van der Waals surface area (Å²) in [6.07, 6.45) is 0.680. The van der Waals surface area contributed by atoms with Crippen molar-refractivity contribution in [1.82, 2.24) is 10.2 Å². The lowest BCUT2D eigenvalue weighted by molar-refractivity contribution is -0.127. The van der Waals surface area contributed by atoms with Gasteiger partial charge in [-0.15, -0.1) is 0 Å². The largest absolute Gasteiger partial charge is 0.497 e. The molecule has 0 saturated carbocycles. The van der Waals surface area contributed by atoms with Crippen LogP contribution >= 0.6 is 0 Å². The summed E-state index contributed by atoms with van der Waals surface area (Å²) in [7, 11) is 1.64. The molecule has 1 amide bonds. The van der Waals surface area contributed by atoms with Gasteiger partial charge in [0.25, 0.3) is 0 Å². The summed E-state index contributed by atoms with van der Waals surface area (Å²) in [4.78, 5) is 15.4. The second-order valence-corrected chi connectivity index (χ2v) is 9.03. The molecule has 0 bridgehead atoms. The third-order valence-corrected chi connectivity index (χ3v) is 6.47. The summed E-state index contributed by atoms with van der Waals surface area (Å²) in [5.41, 5.74) is 3.51. The number of carbonyl (C=O) groups is 1. The molecule has 0 spiro atoms. The first-order valence-electron chi connectivity index (χ1n) is 11.5. The first-order valence-corrected chi connectivity index (χ1v) is 11.5. The zero-order valence-corrected chi connectivity index (χ0v) is 19.6. The Morgan fingerprint density at radius 1 is 1.03 bits per heavy atom. The molecule has 2 atom stereocenters. The van der Waals surface area contributed by atoms with Crippen LogP contribution in [0.2, 0.25) is 0 Å². The fourth-order valence-corrected chi connectivity index (χ4v) is 4.64. The number of hydrogen-bond acceptors (Lipinski definition) is 3. The number of aryl methyl sites for hydroxylation is 1. The van der Waals surface area contributed by atoms with Crippen LogP contribution in [0.1, 0.15) is 34.6 Å². The second kappa shape index (κ2) is 10.8. The molecule has 1 fully saturated rings. The number of hydrogen-bond donors (Lipinski definition) is 1. The minimum absolute atomic E-state index is 0.0486. The Kier molecular flexibility index (Phi) is 7.58. The van der Waals surface area contributed by atoms with Crippen LogP contribution in [0.25, 0.3) is 0 Å². The Balaban J connectivity index is 1.50. The number of likely N-dealkylation sites (tertiary alicyclic amines) is 1. The monoisotopic (exact) mass is 464 g/mol. The van der Waals surface area contributed by atoms with E-state index in [1.165, 1.54) is 18.2 Å². The Bertz CT molecular complexity index is 1130. The van der Waals surface area contributed by atoms with E-state index in [9.17, 15) is 13.6 Å². The second-order valence-electron chi connectivity index (χ2n) is 9.03. The molecule has 34 heavy (non-hydrogen) atoms. The predicted molar refractivity (Wildman–Crippen MR) is 129 cm³/mol. The predicted octanol–water partition coefficient (Wildman–Crippen LogP) is 5.20. The van der Waals surface area contributed by atoms with E-state index in [4.69, 9.17) is 4.74 Å². The average Bonchev–Trinajstić information content (AvgIpc) is 2.84. The fourth-order valence-electron chi connectivity index (χ4n) is 4.64. The molecule has 1 aliphatic heterocycles. The number of ether oxygens (including phenoxy) is 1. The number of amides is 1. The molecule has 1 aliphatic rings. The van der Waals surface area contributed by atoms with Crippen LogP contribution in [-0.4, -0.2) is 31.0 Å². The molecule has 0 unspecified atom stereocenters. The maximum atomic E-state index is 13.9. The van der Waals surface area contributed by atoms with Crippen molar-refractivity contribution in [2.45, 2.75) is 32.4 Å². The van der Waals surface area contributed by atoms with E-state index in [0.29, 0.717) is 25.1 Å². The number of carbonyl (C=O) groups excluding carboxylic acids is 1. The molecule has 3 aromatic rings. The number of methoxy groups -OCH3 is 1. The maximum Gasteiger partial charge on any atom is 0.224 e. The van der Waals surface area contributed by atoms with E-state index in [1.54, 1.807) is 26.2 Å². The van der Waals surface area contributed by atoms with Crippen LogP contribution in [0, 0.1) is 24.5 Å². The van der Waals surface area contributed by atoms with Gasteiger partial charge < -0.3 is 10.1 Å². The lowest BCUT2D eigenvalue weighted by atomic mass is 9.83. The van der Waals surface area contributed by atoms with E-state index in [0.717, 1.165) is 29.0 Å². The summed E-state index contributed by atoms with van der Waals surface area (Å²) in [6.45, 7) is 4.16. The minimum atomic E-state index is -0.318. The Labute approximate surface area is 199 Å². The van der Waals surface area contributed by atoms with Gasteiger partial charge in [-0.3, -0.25) is 9.69 Å². The van der Waals surface area contributed by atoms with Gasteiger partial charge in [-0.2, -0.15) is 0 Å². The zero-order chi connectivity index (χ0) is 24.1. The number of nitrogens with one attached hydrogen (secondary N) is 1. The van der Waals surface area contributed by atoms with Crippen LogP contribution in [-0.2, 0) is 17.9 Å². The van der Waals surface area contributed by atoms with Crippen molar-refractivity contribution in [3.05, 3.63) is 101 Å². The van der Waals surface area contributed by atoms with E-state index in [-0.39, 0.29) is 35.9 Å². The van der Waals surface area contributed by atoms with Crippen molar-refractivity contribution in [3.8, 4) is 5.75 Å². The van der Waals surface area contributed by atoms with Crippen molar-refractivity contribution in [3.63, 3.8) is 0 Å². The van der Waals surface area contributed by atoms with Gasteiger partial charge in [0.15, 0.2) is 0 Å². The highest BCUT2D eigenvalue weighted by atomic mass is 19.1. The molecule has 0 aliphatic carbocycles. The van der Waals surface area contributed by atoms with Gasteiger partial charge in [-0.1, -0.05) is 36.4 Å². The number of nitrogens with zero attached hydrogens (tertiary/aromatic N) is 1. The number of benzene rings is 3. The Hall–Kier alpha value is -3.25. The highest BCUT2D eigenvalue weighted by Crippen LogP contribution is 2.32. The van der Waals surface area contributed by atoms with Crippen LogP contribution in [0.3, 0.4) is 0 Å². The van der Waals surface area contributed by atoms with Gasteiger partial charge in [0.1, 0.15) is 17.4 Å². The van der Waals surface area contributed by atoms with Crippen molar-refractivity contribution in [1.29, 1.82) is 0 Å². The number of rotatable bonds is 7. The van der Waals surface area contributed by atoms with Gasteiger partial charge in [0.05, 0.1) is 13.0 Å². The number of halogens is 2. The maximum absolute atomic E-state index is 13.9. The van der Waals surface area contributed by atoms with Crippen LogP contribution in [0.5, 0.6) is 5.75 Å². The molecule has 1 N–H and O–H groups in total. The zero-order valence-electron chi connectivity index (χ0n) is 19.6. The first-order chi connectivity index (χ1) is 16.4. The van der Waals surface area contributed by atoms with E-state index < -0.39 is 0 Å². The number of piperidine rings is 1. The molecular weight excluding hydrogens is 434 g/mol. The summed E-state index contributed by atoms with van der Waals surface area (Å²) >= 11 is 0. The van der Waals surface area contributed by atoms with Crippen molar-refractivity contribution >= 4 is 5.91 Å². The molecule has 4 nitrogen and oxygen atoms in total. The standard InChI is InChI=1S/C28H30F2N2O2/c1-19-12-22(8-11-27(19)30)23-14-24(28(33)31-15-21-4-3-5-25(29)13-21)18-32(17-23)16-20-6-9-26(34-2)10-7-20/h3-13,23-24H,14-18H2,1-2H3,(H,31,33)/t23-,24+/m0/s1. The van der Waals surface area contributed by atoms with E-state index >= 15 is 0 Å². The third-order valence-electron chi connectivity index (χ3n) is 6.47. The lowest BCUT2D eigenvalue weighted by Crippen LogP contribution is -2.45. The smallest absolute Gasteiger partial charge is 0.224 e. The first kappa shape index (κ1) is 23.9. The molecule has 0 aromatic heterocycles. The molecule has 3 aromatic carbocycles. The van der Waals surface area contributed by atoms with Crippen molar-refractivity contribution < 1.29 is 18.3 Å². The molecule has 0 radical (unpaired) electrons. The van der Waals surface area contributed by atoms with Gasteiger partial charge >= 0.3 is 0 Å². The summed E-state index contributed by atoms with van der Waals surface area (Å²) < 4.78 is 32.6. The Morgan fingerprint density at radius 2 is 1.82 bits per heavy atom. The minimum Gasteiger partial charge on any atom is -0.497 e. The van der Waals surface area contributed by atoms with Crippen LogP contribution < -0.4 is 10.1 Å². The molecule has 178 valence electrons. The Morgan fingerprint density at radius 3 is 2.53 bits per heavy atom. The average molecular weight is 465 g/mol. The highest BCUT2D eigenvalue weighted by Gasteiger charge is 2.32. The topological polar surface area (TPSA) is 41.6 Å². The summed E-state index contributed by atoms with van der Waals surface area (Å²) in [5, 5.41) is 2.98. The van der Waals surface area contributed by atoms with Gasteiger partial charge in [0, 0.05) is 26.2 Å². The van der Waals surface area contributed by atoms with E-state index in [1.807, 2.05) is 36.4 Å². The highest BCUT2D eigenvalue weighted by molar-refractivity contribution is 5.79. The van der Waals surface area contributed by atoms with Gasteiger partial charge in [0.2, 0.25) is 5.91 Å². The van der Waals surface area contributed by atoms with E-state index in [2.05, 4.69) is 10.2 Å². The van der Waals surface area contributed by atoms with Crippen molar-refractivity contribution in [2.24, 2.45) is 5.92 Å². The van der Waals surface area contributed by atoms with Crippen LogP contribution in [0.15, 0.2) is 66.7 Å². The van der Waals surface area contributed by atoms with Gasteiger partial charge in [-0.25, -0.2) is 8.78 Å². The summed E-state index contributed by atoms with van der Waals surface area (Å²) in [6, 6.07) is 19.4. The third kappa shape index (κ3) is 6.00. The quantitative estimate of drug-likeness (QED) is 0.522. The molecular formula is C28H30F2N2O2. The molecule has 6 heteroatoms. The lowest BCUT2D eigenvalue weighted by Gasteiger charge is -2.37. The SMILES string of the molecule is COc1ccc(CN2C[C@H](C(=O)NCc3cccc(F)c3)C[C@H](c3ccc(F)c(C)c3)C2)cc1. The van der Waals surface area contributed by atoms with Crippen molar-refractivity contribution in [2.75, 3.05) is 20.2 Å². The molecule has 1 saturated heterocycles. The van der Waals surface area contributed by atoms with Gasteiger partial charge in [-0.05, 0) is 71.8 Å². The normalized spacial score (nSPS) is 18.5. The molecule has 1 heterocycles. The fraction of sp³-hybridized carbons (Fsp3) is 0.321.